The van der Waals surface area contributed by atoms with E-state index in [4.69, 9.17) is 9.84 Å². The lowest BCUT2D eigenvalue weighted by atomic mass is 9.98. The van der Waals surface area contributed by atoms with E-state index >= 15 is 0 Å². The number of rotatable bonds is 9. The van der Waals surface area contributed by atoms with Crippen molar-refractivity contribution in [3.05, 3.63) is 75.7 Å². The summed E-state index contributed by atoms with van der Waals surface area (Å²) in [5.41, 5.74) is 4.64. The summed E-state index contributed by atoms with van der Waals surface area (Å²) in [4.78, 5) is 39.4. The molecule has 2 aromatic carbocycles. The fraction of sp³-hybridized carbons (Fsp3) is 0.280. The molecule has 2 amide bonds. The minimum atomic E-state index is -1.04. The van der Waals surface area contributed by atoms with Crippen LogP contribution in [0.2, 0.25) is 0 Å². The van der Waals surface area contributed by atoms with Crippen LogP contribution < -0.4 is 10.6 Å². The largest absolute Gasteiger partial charge is 0.477 e. The lowest BCUT2D eigenvalue weighted by molar-refractivity contribution is -0.122. The van der Waals surface area contributed by atoms with Crippen LogP contribution in [0.3, 0.4) is 0 Å². The number of nitrogens with zero attached hydrogens (tertiary/aromatic N) is 1. The number of thiazole rings is 1. The first-order valence-electron chi connectivity index (χ1n) is 11.0. The number of amides is 2. The van der Waals surface area contributed by atoms with Gasteiger partial charge in [-0.3, -0.25) is 4.79 Å². The number of alkyl carbamates (subject to hydrolysis) is 1. The highest BCUT2D eigenvalue weighted by Crippen LogP contribution is 2.44. The van der Waals surface area contributed by atoms with E-state index < -0.39 is 12.1 Å². The van der Waals surface area contributed by atoms with Gasteiger partial charge in [0, 0.05) is 18.9 Å². The van der Waals surface area contributed by atoms with Gasteiger partial charge in [0.25, 0.3) is 0 Å². The molecule has 34 heavy (non-hydrogen) atoms. The molecule has 4 rings (SSSR count). The molecule has 0 saturated carbocycles. The Balaban J connectivity index is 1.20. The predicted octanol–water partition coefficient (Wildman–Crippen LogP) is 4.02. The molecule has 176 valence electrons. The van der Waals surface area contributed by atoms with Crippen molar-refractivity contribution < 1.29 is 24.2 Å². The Morgan fingerprint density at radius 2 is 1.71 bits per heavy atom. The van der Waals surface area contributed by atoms with Crippen LogP contribution in [0.5, 0.6) is 0 Å². The first-order chi connectivity index (χ1) is 16.4. The van der Waals surface area contributed by atoms with Crippen molar-refractivity contribution in [3.8, 4) is 11.1 Å². The van der Waals surface area contributed by atoms with Crippen molar-refractivity contribution in [2.45, 2.75) is 25.8 Å². The number of fused-ring (bicyclic) bond motifs is 3. The molecule has 1 heterocycles. The molecule has 1 aliphatic rings. The molecule has 3 N–H and O–H groups in total. The van der Waals surface area contributed by atoms with E-state index in [2.05, 4.69) is 39.9 Å². The summed E-state index contributed by atoms with van der Waals surface area (Å²) in [6, 6.07) is 16.3. The van der Waals surface area contributed by atoms with Gasteiger partial charge in [0.15, 0.2) is 0 Å². The molecule has 8 nitrogen and oxygen atoms in total. The normalized spacial score (nSPS) is 13.0. The predicted molar refractivity (Wildman–Crippen MR) is 128 cm³/mol. The average molecular weight is 480 g/mol. The molecule has 3 aromatic rings. The maximum Gasteiger partial charge on any atom is 0.407 e. The molecule has 1 aliphatic carbocycles. The number of nitrogens with one attached hydrogen (secondary N) is 2. The SMILES string of the molecule is CC(CNC(=O)OCC1c2ccccc2-c2ccccc21)CC(=O)NCc1ncc(C(=O)O)s1. The third-order valence-corrected chi connectivity index (χ3v) is 6.66. The monoisotopic (exact) mass is 479 g/mol. The van der Waals surface area contributed by atoms with E-state index in [-0.39, 0.29) is 42.2 Å². The lowest BCUT2D eigenvalue weighted by Gasteiger charge is -2.16. The van der Waals surface area contributed by atoms with Gasteiger partial charge in [0.05, 0.1) is 12.7 Å². The van der Waals surface area contributed by atoms with Crippen molar-refractivity contribution in [2.24, 2.45) is 5.92 Å². The fourth-order valence-corrected chi connectivity index (χ4v) is 4.73. The number of aromatic nitrogens is 1. The van der Waals surface area contributed by atoms with Crippen molar-refractivity contribution in [2.75, 3.05) is 13.2 Å². The average Bonchev–Trinajstić information content (AvgIpc) is 3.43. The third-order valence-electron chi connectivity index (χ3n) is 5.67. The standard InChI is InChI=1S/C25H25N3O5S/c1-15(10-22(29)26-13-23-27-12-21(34-23)24(30)31)11-28-25(32)33-14-20-18-8-4-2-6-16(18)17-7-3-5-9-19(17)20/h2-9,12,15,20H,10-11,13-14H2,1H3,(H,26,29)(H,28,32)(H,30,31). The van der Waals surface area contributed by atoms with E-state index in [0.717, 1.165) is 22.5 Å². The Bertz CT molecular complexity index is 1160. The van der Waals surface area contributed by atoms with E-state index in [9.17, 15) is 14.4 Å². The van der Waals surface area contributed by atoms with Gasteiger partial charge >= 0.3 is 12.1 Å². The summed E-state index contributed by atoms with van der Waals surface area (Å²) >= 11 is 1.02. The number of hydrogen-bond donors (Lipinski definition) is 3. The zero-order chi connectivity index (χ0) is 24.1. The second-order valence-corrected chi connectivity index (χ2v) is 9.33. The molecular formula is C25H25N3O5S. The number of carbonyl (C=O) groups is 3. The zero-order valence-corrected chi connectivity index (χ0v) is 19.4. The van der Waals surface area contributed by atoms with Gasteiger partial charge in [-0.2, -0.15) is 0 Å². The first-order valence-corrected chi connectivity index (χ1v) is 11.8. The molecular weight excluding hydrogens is 454 g/mol. The molecule has 0 fully saturated rings. The number of carboxylic acid groups (broad SMARTS) is 1. The number of carbonyl (C=O) groups excluding carboxylic acids is 2. The Hall–Kier alpha value is -3.72. The highest BCUT2D eigenvalue weighted by molar-refractivity contribution is 7.13. The number of hydrogen-bond acceptors (Lipinski definition) is 6. The molecule has 0 radical (unpaired) electrons. The van der Waals surface area contributed by atoms with E-state index in [1.165, 1.54) is 17.3 Å². The van der Waals surface area contributed by atoms with Crippen LogP contribution in [-0.2, 0) is 16.1 Å². The molecule has 0 spiro atoms. The van der Waals surface area contributed by atoms with Gasteiger partial charge in [-0.1, -0.05) is 55.5 Å². The van der Waals surface area contributed by atoms with Gasteiger partial charge in [-0.05, 0) is 28.2 Å². The van der Waals surface area contributed by atoms with Crippen LogP contribution in [-0.4, -0.2) is 41.2 Å². The number of carboxylic acids is 1. The third kappa shape index (κ3) is 5.43. The van der Waals surface area contributed by atoms with Gasteiger partial charge in [0.2, 0.25) is 5.91 Å². The molecule has 9 heteroatoms. The Labute approximate surface area is 201 Å². The lowest BCUT2D eigenvalue weighted by Crippen LogP contribution is -2.32. The van der Waals surface area contributed by atoms with E-state index in [0.29, 0.717) is 11.6 Å². The molecule has 1 atom stereocenters. The molecule has 1 aromatic heterocycles. The fourth-order valence-electron chi connectivity index (χ4n) is 4.03. The molecule has 1 unspecified atom stereocenters. The van der Waals surface area contributed by atoms with Gasteiger partial charge in [0.1, 0.15) is 16.5 Å². The summed E-state index contributed by atoms with van der Waals surface area (Å²) in [5.74, 6) is -1.35. The number of benzene rings is 2. The Morgan fingerprint density at radius 1 is 1.06 bits per heavy atom. The highest BCUT2D eigenvalue weighted by atomic mass is 32.1. The van der Waals surface area contributed by atoms with E-state index in [1.54, 1.807) is 0 Å². The Morgan fingerprint density at radius 3 is 2.32 bits per heavy atom. The highest BCUT2D eigenvalue weighted by Gasteiger charge is 2.29. The molecule has 0 saturated heterocycles. The summed E-state index contributed by atoms with van der Waals surface area (Å²) in [6.45, 7) is 2.56. The van der Waals surface area contributed by atoms with E-state index in [1.807, 2.05) is 31.2 Å². The summed E-state index contributed by atoms with van der Waals surface area (Å²) in [5, 5.41) is 14.9. The molecule has 0 aliphatic heterocycles. The zero-order valence-electron chi connectivity index (χ0n) is 18.6. The quantitative estimate of drug-likeness (QED) is 0.427. The summed E-state index contributed by atoms with van der Waals surface area (Å²) in [7, 11) is 0. The van der Waals surface area contributed by atoms with Crippen molar-refractivity contribution in [3.63, 3.8) is 0 Å². The van der Waals surface area contributed by atoms with Crippen LogP contribution in [0, 0.1) is 5.92 Å². The van der Waals surface area contributed by atoms with Crippen LogP contribution >= 0.6 is 11.3 Å². The van der Waals surface area contributed by atoms with Crippen LogP contribution in [0.15, 0.2) is 54.7 Å². The van der Waals surface area contributed by atoms with Gasteiger partial charge in [-0.15, -0.1) is 11.3 Å². The molecule has 0 bridgehead atoms. The van der Waals surface area contributed by atoms with Gasteiger partial charge in [-0.25, -0.2) is 14.6 Å². The van der Waals surface area contributed by atoms with Gasteiger partial charge < -0.3 is 20.5 Å². The smallest absolute Gasteiger partial charge is 0.407 e. The van der Waals surface area contributed by atoms with Crippen LogP contribution in [0.25, 0.3) is 11.1 Å². The van der Waals surface area contributed by atoms with Crippen LogP contribution in [0.4, 0.5) is 4.79 Å². The summed E-state index contributed by atoms with van der Waals surface area (Å²) < 4.78 is 5.52. The summed E-state index contributed by atoms with van der Waals surface area (Å²) in [6.07, 6.45) is 0.967. The minimum absolute atomic E-state index is 0.00569. The number of ether oxygens (including phenoxy) is 1. The second kappa shape index (κ2) is 10.5. The van der Waals surface area contributed by atoms with Crippen molar-refractivity contribution in [1.82, 2.24) is 15.6 Å². The van der Waals surface area contributed by atoms with Crippen LogP contribution in [0.1, 0.15) is 45.1 Å². The first kappa shape index (κ1) is 23.4. The minimum Gasteiger partial charge on any atom is -0.477 e. The topological polar surface area (TPSA) is 118 Å². The second-order valence-electron chi connectivity index (χ2n) is 8.22. The maximum absolute atomic E-state index is 12.3. The maximum atomic E-state index is 12.3. The Kier molecular flexibility index (Phi) is 7.22. The van der Waals surface area contributed by atoms with Crippen molar-refractivity contribution in [1.29, 1.82) is 0 Å². The number of aromatic carboxylic acids is 1. The van der Waals surface area contributed by atoms with Crippen molar-refractivity contribution >= 4 is 29.3 Å².